The Labute approximate surface area is 134 Å². The predicted octanol–water partition coefficient (Wildman–Crippen LogP) is 2.49. The number of methoxy groups -OCH3 is 2. The molecule has 0 fully saturated rings. The van der Waals surface area contributed by atoms with Gasteiger partial charge in [-0.1, -0.05) is 22.9 Å². The molecule has 0 saturated carbocycles. The second-order valence-corrected chi connectivity index (χ2v) is 4.79. The van der Waals surface area contributed by atoms with E-state index in [1.54, 1.807) is 43.5 Å². The SMILES string of the molecule is COc1ccc(/C(N)=N\OC(=O)c2cccc(C)c2)cc1OC. The van der Waals surface area contributed by atoms with E-state index in [-0.39, 0.29) is 5.84 Å². The molecular weight excluding hydrogens is 296 g/mol. The quantitative estimate of drug-likeness (QED) is 0.397. The predicted molar refractivity (Wildman–Crippen MR) is 86.9 cm³/mol. The third-order valence-corrected chi connectivity index (χ3v) is 3.16. The number of aryl methyl sites for hydroxylation is 1. The first-order chi connectivity index (χ1) is 11.0. The molecule has 2 rings (SSSR count). The maximum atomic E-state index is 11.9. The number of nitrogens with two attached hydrogens (primary N) is 1. The maximum absolute atomic E-state index is 11.9. The van der Waals surface area contributed by atoms with Gasteiger partial charge < -0.3 is 20.0 Å². The fourth-order valence-corrected chi connectivity index (χ4v) is 1.96. The summed E-state index contributed by atoms with van der Waals surface area (Å²) in [6.07, 6.45) is 0. The molecule has 0 aliphatic heterocycles. The fourth-order valence-electron chi connectivity index (χ4n) is 1.96. The Morgan fingerprint density at radius 2 is 1.74 bits per heavy atom. The van der Waals surface area contributed by atoms with Crippen molar-refractivity contribution in [3.05, 3.63) is 59.2 Å². The van der Waals surface area contributed by atoms with Gasteiger partial charge in [0, 0.05) is 5.56 Å². The lowest BCUT2D eigenvalue weighted by Crippen LogP contribution is -2.15. The molecule has 0 unspecified atom stereocenters. The molecule has 6 heteroatoms. The van der Waals surface area contributed by atoms with E-state index in [2.05, 4.69) is 5.16 Å². The van der Waals surface area contributed by atoms with Crippen LogP contribution < -0.4 is 15.2 Å². The number of benzene rings is 2. The zero-order chi connectivity index (χ0) is 16.8. The highest BCUT2D eigenvalue weighted by Crippen LogP contribution is 2.27. The minimum atomic E-state index is -0.572. The molecule has 0 spiro atoms. The largest absolute Gasteiger partial charge is 0.493 e. The first-order valence-corrected chi connectivity index (χ1v) is 6.89. The molecule has 120 valence electrons. The van der Waals surface area contributed by atoms with Crippen molar-refractivity contribution < 1.29 is 19.1 Å². The van der Waals surface area contributed by atoms with Crippen LogP contribution in [-0.4, -0.2) is 26.0 Å². The first-order valence-electron chi connectivity index (χ1n) is 6.89. The van der Waals surface area contributed by atoms with Gasteiger partial charge >= 0.3 is 5.97 Å². The summed E-state index contributed by atoms with van der Waals surface area (Å²) in [4.78, 5) is 16.8. The summed E-state index contributed by atoms with van der Waals surface area (Å²) in [6, 6.07) is 12.1. The standard InChI is InChI=1S/C17H18N2O4/c1-11-5-4-6-13(9-11)17(20)23-19-16(18)12-7-8-14(21-2)15(10-12)22-3/h4-10H,1-3H3,(H2,18,19). The van der Waals surface area contributed by atoms with Gasteiger partial charge in [0.25, 0.3) is 0 Å². The summed E-state index contributed by atoms with van der Waals surface area (Å²) in [6.45, 7) is 1.89. The van der Waals surface area contributed by atoms with E-state index in [0.29, 0.717) is 22.6 Å². The molecule has 0 aliphatic rings. The molecule has 2 N–H and O–H groups in total. The summed E-state index contributed by atoms with van der Waals surface area (Å²) in [5.41, 5.74) is 7.76. The number of carbonyl (C=O) groups excluding carboxylic acids is 1. The third kappa shape index (κ3) is 4.00. The molecule has 2 aromatic carbocycles. The zero-order valence-corrected chi connectivity index (χ0v) is 13.2. The van der Waals surface area contributed by atoms with E-state index in [0.717, 1.165) is 5.56 Å². The van der Waals surface area contributed by atoms with Crippen LogP contribution in [0, 0.1) is 6.92 Å². The van der Waals surface area contributed by atoms with Crippen molar-refractivity contribution in [3.8, 4) is 11.5 Å². The summed E-state index contributed by atoms with van der Waals surface area (Å²) in [5, 5.41) is 3.68. The van der Waals surface area contributed by atoms with Crippen LogP contribution in [0.1, 0.15) is 21.5 Å². The number of ether oxygens (including phenoxy) is 2. The average Bonchev–Trinajstić information content (AvgIpc) is 2.58. The smallest absolute Gasteiger partial charge is 0.365 e. The lowest BCUT2D eigenvalue weighted by atomic mass is 10.1. The van der Waals surface area contributed by atoms with Crippen molar-refractivity contribution in [2.45, 2.75) is 6.92 Å². The van der Waals surface area contributed by atoms with Crippen LogP contribution in [0.25, 0.3) is 0 Å². The van der Waals surface area contributed by atoms with Gasteiger partial charge in [0.2, 0.25) is 0 Å². The summed E-state index contributed by atoms with van der Waals surface area (Å²) in [5.74, 6) is 0.568. The minimum Gasteiger partial charge on any atom is -0.493 e. The molecule has 0 heterocycles. The topological polar surface area (TPSA) is 83.1 Å². The molecule has 0 radical (unpaired) electrons. The molecule has 0 aromatic heterocycles. The Morgan fingerprint density at radius 1 is 1.00 bits per heavy atom. The highest BCUT2D eigenvalue weighted by atomic mass is 16.7. The van der Waals surface area contributed by atoms with Crippen LogP contribution >= 0.6 is 0 Å². The first kappa shape index (κ1) is 16.4. The Bertz CT molecular complexity index is 741. The van der Waals surface area contributed by atoms with E-state index < -0.39 is 5.97 Å². The highest BCUT2D eigenvalue weighted by molar-refractivity contribution is 5.98. The van der Waals surface area contributed by atoms with Crippen molar-refractivity contribution in [2.75, 3.05) is 14.2 Å². The van der Waals surface area contributed by atoms with Gasteiger partial charge in [-0.2, -0.15) is 0 Å². The Kier molecular flexibility index (Phi) is 5.19. The van der Waals surface area contributed by atoms with Gasteiger partial charge in [-0.25, -0.2) is 4.79 Å². The number of amidine groups is 1. The normalized spacial score (nSPS) is 11.0. The molecular formula is C17H18N2O4. The van der Waals surface area contributed by atoms with Crippen LogP contribution in [0.5, 0.6) is 11.5 Å². The molecule has 0 bridgehead atoms. The number of rotatable bonds is 5. The van der Waals surface area contributed by atoms with Crippen LogP contribution in [0.2, 0.25) is 0 Å². The number of nitrogens with zero attached hydrogens (tertiary/aromatic N) is 1. The number of hydrogen-bond donors (Lipinski definition) is 1. The van der Waals surface area contributed by atoms with Gasteiger partial charge in [-0.15, -0.1) is 0 Å². The third-order valence-electron chi connectivity index (χ3n) is 3.16. The zero-order valence-electron chi connectivity index (χ0n) is 13.2. The minimum absolute atomic E-state index is 0.0620. The second kappa shape index (κ2) is 7.31. The number of hydrogen-bond acceptors (Lipinski definition) is 5. The maximum Gasteiger partial charge on any atom is 0.365 e. The van der Waals surface area contributed by atoms with Crippen molar-refractivity contribution in [1.82, 2.24) is 0 Å². The molecule has 23 heavy (non-hydrogen) atoms. The Hall–Kier alpha value is -3.02. The van der Waals surface area contributed by atoms with Crippen molar-refractivity contribution in [1.29, 1.82) is 0 Å². The van der Waals surface area contributed by atoms with Crippen molar-refractivity contribution in [2.24, 2.45) is 10.9 Å². The van der Waals surface area contributed by atoms with E-state index in [1.165, 1.54) is 7.11 Å². The van der Waals surface area contributed by atoms with Gasteiger partial charge in [-0.05, 0) is 37.3 Å². The Morgan fingerprint density at radius 3 is 2.39 bits per heavy atom. The monoisotopic (exact) mass is 314 g/mol. The Balaban J connectivity index is 2.15. The molecule has 0 saturated heterocycles. The van der Waals surface area contributed by atoms with E-state index in [4.69, 9.17) is 20.0 Å². The summed E-state index contributed by atoms with van der Waals surface area (Å²) in [7, 11) is 3.06. The van der Waals surface area contributed by atoms with Crippen LogP contribution in [-0.2, 0) is 4.84 Å². The van der Waals surface area contributed by atoms with Crippen LogP contribution in [0.3, 0.4) is 0 Å². The fraction of sp³-hybridized carbons (Fsp3) is 0.176. The lowest BCUT2D eigenvalue weighted by molar-refractivity contribution is 0.0516. The van der Waals surface area contributed by atoms with Gasteiger partial charge in [0.1, 0.15) is 0 Å². The highest BCUT2D eigenvalue weighted by Gasteiger charge is 2.10. The summed E-state index contributed by atoms with van der Waals surface area (Å²) >= 11 is 0. The van der Waals surface area contributed by atoms with E-state index in [9.17, 15) is 4.79 Å². The average molecular weight is 314 g/mol. The van der Waals surface area contributed by atoms with E-state index >= 15 is 0 Å². The molecule has 0 aliphatic carbocycles. The van der Waals surface area contributed by atoms with Gasteiger partial charge in [0.05, 0.1) is 19.8 Å². The summed E-state index contributed by atoms with van der Waals surface area (Å²) < 4.78 is 10.3. The number of oxime groups is 1. The van der Waals surface area contributed by atoms with Crippen molar-refractivity contribution >= 4 is 11.8 Å². The van der Waals surface area contributed by atoms with Crippen molar-refractivity contribution in [3.63, 3.8) is 0 Å². The molecule has 0 amide bonds. The van der Waals surface area contributed by atoms with Crippen LogP contribution in [0.4, 0.5) is 0 Å². The van der Waals surface area contributed by atoms with Gasteiger partial charge in [-0.3, -0.25) is 0 Å². The lowest BCUT2D eigenvalue weighted by Gasteiger charge is -2.09. The molecule has 2 aromatic rings. The molecule has 6 nitrogen and oxygen atoms in total. The number of carbonyl (C=O) groups is 1. The van der Waals surface area contributed by atoms with E-state index in [1.807, 2.05) is 13.0 Å². The molecule has 0 atom stereocenters. The van der Waals surface area contributed by atoms with Crippen LogP contribution in [0.15, 0.2) is 47.6 Å². The van der Waals surface area contributed by atoms with Gasteiger partial charge in [0.15, 0.2) is 17.3 Å². The second-order valence-electron chi connectivity index (χ2n) is 4.79.